The first-order valence-electron chi connectivity index (χ1n) is 6.17. The number of ether oxygens (including phenoxy) is 1. The molecule has 0 amide bonds. The Morgan fingerprint density at radius 1 is 0.952 bits per heavy atom. The van der Waals surface area contributed by atoms with Gasteiger partial charge in [0.25, 0.3) is 0 Å². The van der Waals surface area contributed by atoms with Crippen LogP contribution >= 0.6 is 0 Å². The van der Waals surface area contributed by atoms with E-state index < -0.39 is 11.9 Å². The molecule has 104 valence electrons. The van der Waals surface area contributed by atoms with Crippen LogP contribution in [0.2, 0.25) is 0 Å². The van der Waals surface area contributed by atoms with E-state index in [9.17, 15) is 9.59 Å². The van der Waals surface area contributed by atoms with Crippen LogP contribution in [0.25, 0.3) is 0 Å². The third-order valence-corrected chi connectivity index (χ3v) is 2.79. The molecule has 0 radical (unpaired) electrons. The summed E-state index contributed by atoms with van der Waals surface area (Å²) in [6.45, 7) is 0.168. The van der Waals surface area contributed by atoms with Gasteiger partial charge in [-0.15, -0.1) is 0 Å². The normalized spacial score (nSPS) is 9.52. The van der Waals surface area contributed by atoms with Gasteiger partial charge in [-0.1, -0.05) is 48.5 Å². The Hall–Kier alpha value is -1.62. The van der Waals surface area contributed by atoms with Crippen molar-refractivity contribution in [1.29, 1.82) is 0 Å². The molecule has 0 unspecified atom stereocenters. The number of carboxylic acids is 1. The third-order valence-electron chi connectivity index (χ3n) is 2.79. The Morgan fingerprint density at radius 3 is 2.24 bits per heavy atom. The molecule has 0 spiro atoms. The second-order valence-corrected chi connectivity index (χ2v) is 4.29. The van der Waals surface area contributed by atoms with Gasteiger partial charge in [0.05, 0.1) is 12.0 Å². The van der Waals surface area contributed by atoms with Crippen LogP contribution in [0.4, 0.5) is 0 Å². The molecule has 0 bridgehead atoms. The van der Waals surface area contributed by atoms with Crippen LogP contribution < -0.4 is 0 Å². The minimum absolute atomic E-state index is 0. The van der Waals surface area contributed by atoms with E-state index in [0.29, 0.717) is 11.1 Å². The molecule has 0 aromatic heterocycles. The number of carbonyl (C=O) groups is 2. The van der Waals surface area contributed by atoms with Crippen LogP contribution in [0.5, 0.6) is 0 Å². The van der Waals surface area contributed by atoms with Crippen molar-refractivity contribution < 1.29 is 19.4 Å². The van der Waals surface area contributed by atoms with Gasteiger partial charge in [-0.05, 0) is 17.2 Å². The molecule has 0 saturated carbocycles. The van der Waals surface area contributed by atoms with Crippen molar-refractivity contribution >= 4 is 41.5 Å². The molecule has 21 heavy (non-hydrogen) atoms. The average molecular weight is 294 g/mol. The summed E-state index contributed by atoms with van der Waals surface area (Å²) in [5, 5.41) is 8.83. The van der Waals surface area contributed by atoms with Gasteiger partial charge in [-0.3, -0.25) is 4.79 Å². The van der Waals surface area contributed by atoms with E-state index in [-0.39, 0.29) is 42.6 Å². The summed E-state index contributed by atoms with van der Waals surface area (Å²) in [5.74, 6) is -1.49. The second kappa shape index (κ2) is 8.62. The standard InChI is InChI=1S/C16H14O4.Na.H/c17-15(18)10-13-8-4-5-9-14(13)16(19)20-11-12-6-2-1-3-7-12;;/h1-9H,10-11H2,(H,17,18);;. The van der Waals surface area contributed by atoms with Crippen LogP contribution in [-0.4, -0.2) is 46.6 Å². The molecule has 1 N–H and O–H groups in total. The Bertz CT molecular complexity index is 611. The number of benzene rings is 2. The fourth-order valence-corrected chi connectivity index (χ4v) is 1.84. The molecule has 0 aliphatic carbocycles. The third kappa shape index (κ3) is 5.34. The molecule has 0 aliphatic rings. The Labute approximate surface area is 145 Å². The average Bonchev–Trinajstić information content (AvgIpc) is 2.46. The summed E-state index contributed by atoms with van der Waals surface area (Å²) >= 11 is 0. The van der Waals surface area contributed by atoms with Crippen LogP contribution in [0.15, 0.2) is 54.6 Å². The summed E-state index contributed by atoms with van der Waals surface area (Å²) in [4.78, 5) is 22.8. The number of carboxylic acid groups (broad SMARTS) is 1. The van der Waals surface area contributed by atoms with Gasteiger partial charge in [-0.2, -0.15) is 0 Å². The van der Waals surface area contributed by atoms with Crippen molar-refractivity contribution in [3.8, 4) is 0 Å². The van der Waals surface area contributed by atoms with Crippen molar-refractivity contribution in [1.82, 2.24) is 0 Å². The van der Waals surface area contributed by atoms with Crippen LogP contribution in [0.1, 0.15) is 21.5 Å². The first-order valence-corrected chi connectivity index (χ1v) is 6.17. The van der Waals surface area contributed by atoms with E-state index >= 15 is 0 Å². The summed E-state index contributed by atoms with van der Waals surface area (Å²) < 4.78 is 5.20. The van der Waals surface area contributed by atoms with Crippen molar-refractivity contribution in [2.45, 2.75) is 13.0 Å². The number of hydrogen-bond donors (Lipinski definition) is 1. The Morgan fingerprint density at radius 2 is 1.57 bits per heavy atom. The molecule has 5 heteroatoms. The van der Waals surface area contributed by atoms with Gasteiger partial charge >= 0.3 is 41.5 Å². The Balaban J connectivity index is 0.00000220. The maximum absolute atomic E-state index is 12.0. The number of aliphatic carboxylic acids is 1. The monoisotopic (exact) mass is 294 g/mol. The molecule has 2 rings (SSSR count). The molecular weight excluding hydrogens is 279 g/mol. The fraction of sp³-hybridized carbons (Fsp3) is 0.125. The SMILES string of the molecule is O=C(O)Cc1ccccc1C(=O)OCc1ccccc1.[NaH]. The van der Waals surface area contributed by atoms with Crippen molar-refractivity contribution in [2.75, 3.05) is 0 Å². The number of hydrogen-bond acceptors (Lipinski definition) is 3. The summed E-state index contributed by atoms with van der Waals surface area (Å²) in [5.41, 5.74) is 1.64. The Kier molecular flexibility index (Phi) is 7.15. The summed E-state index contributed by atoms with van der Waals surface area (Å²) in [7, 11) is 0. The molecular formula is C16H15NaO4. The van der Waals surface area contributed by atoms with Gasteiger partial charge in [0.1, 0.15) is 6.61 Å². The van der Waals surface area contributed by atoms with E-state index in [1.807, 2.05) is 30.3 Å². The number of rotatable bonds is 5. The minimum atomic E-state index is -0.978. The molecule has 2 aromatic rings. The summed E-state index contributed by atoms with van der Waals surface area (Å²) in [6, 6.07) is 15.9. The zero-order valence-electron chi connectivity index (χ0n) is 10.8. The predicted octanol–water partition coefficient (Wildman–Crippen LogP) is 2.02. The van der Waals surface area contributed by atoms with Crippen LogP contribution in [0.3, 0.4) is 0 Å². The first kappa shape index (κ1) is 17.4. The molecule has 0 saturated heterocycles. The molecule has 0 fully saturated rings. The van der Waals surface area contributed by atoms with Gasteiger partial charge in [0, 0.05) is 0 Å². The molecule has 0 atom stereocenters. The van der Waals surface area contributed by atoms with E-state index in [2.05, 4.69) is 0 Å². The van der Waals surface area contributed by atoms with Gasteiger partial charge in [0.15, 0.2) is 0 Å². The predicted molar refractivity (Wildman–Crippen MR) is 80.5 cm³/mol. The van der Waals surface area contributed by atoms with E-state index in [4.69, 9.17) is 9.84 Å². The van der Waals surface area contributed by atoms with Gasteiger partial charge < -0.3 is 9.84 Å². The fourth-order valence-electron chi connectivity index (χ4n) is 1.84. The van der Waals surface area contributed by atoms with Crippen molar-refractivity contribution in [2.24, 2.45) is 0 Å². The van der Waals surface area contributed by atoms with E-state index in [0.717, 1.165) is 5.56 Å². The quantitative estimate of drug-likeness (QED) is 0.677. The van der Waals surface area contributed by atoms with Gasteiger partial charge in [-0.25, -0.2) is 4.79 Å². The van der Waals surface area contributed by atoms with Crippen LogP contribution in [-0.2, 0) is 22.6 Å². The number of esters is 1. The zero-order valence-corrected chi connectivity index (χ0v) is 10.8. The van der Waals surface area contributed by atoms with E-state index in [1.165, 1.54) is 0 Å². The van der Waals surface area contributed by atoms with E-state index in [1.54, 1.807) is 24.3 Å². The molecule has 0 heterocycles. The summed E-state index contributed by atoms with van der Waals surface area (Å²) in [6.07, 6.45) is -0.198. The van der Waals surface area contributed by atoms with Crippen LogP contribution in [0, 0.1) is 0 Å². The topological polar surface area (TPSA) is 63.6 Å². The molecule has 0 aliphatic heterocycles. The second-order valence-electron chi connectivity index (χ2n) is 4.29. The molecule has 4 nitrogen and oxygen atoms in total. The number of carbonyl (C=O) groups excluding carboxylic acids is 1. The van der Waals surface area contributed by atoms with Crippen molar-refractivity contribution in [3.05, 3.63) is 71.3 Å². The zero-order chi connectivity index (χ0) is 14.4. The van der Waals surface area contributed by atoms with Crippen molar-refractivity contribution in [3.63, 3.8) is 0 Å². The first-order chi connectivity index (χ1) is 9.66. The molecule has 2 aromatic carbocycles. The van der Waals surface area contributed by atoms with Gasteiger partial charge in [0.2, 0.25) is 0 Å². The maximum atomic E-state index is 12.0.